The first kappa shape index (κ1) is 20.0. The van der Waals surface area contributed by atoms with Gasteiger partial charge in [0.2, 0.25) is 5.91 Å². The molecule has 6 heteroatoms. The van der Waals surface area contributed by atoms with Gasteiger partial charge in [0.25, 0.3) is 5.91 Å². The number of hydrogen-bond donors (Lipinski definition) is 2. The molecule has 156 valence electrons. The molecule has 1 atom stereocenters. The smallest absolute Gasteiger partial charge is 0.287 e. The van der Waals surface area contributed by atoms with Gasteiger partial charge in [-0.15, -0.1) is 0 Å². The third-order valence-corrected chi connectivity index (χ3v) is 5.52. The molecule has 1 aliphatic heterocycles. The molecule has 6 nitrogen and oxygen atoms in total. The number of hydrogen-bond acceptors (Lipinski definition) is 4. The summed E-state index contributed by atoms with van der Waals surface area (Å²) < 4.78 is 5.71. The van der Waals surface area contributed by atoms with Crippen molar-refractivity contribution in [3.63, 3.8) is 0 Å². The molecule has 1 aliphatic rings. The number of nitrogens with one attached hydrogen (secondary N) is 2. The van der Waals surface area contributed by atoms with Crippen molar-refractivity contribution in [3.05, 3.63) is 59.9 Å². The Kier molecular flexibility index (Phi) is 5.74. The topological polar surface area (TPSA) is 74.6 Å². The molecule has 2 heterocycles. The van der Waals surface area contributed by atoms with E-state index >= 15 is 0 Å². The van der Waals surface area contributed by atoms with E-state index in [2.05, 4.69) is 21.6 Å². The minimum Gasteiger partial charge on any atom is -0.451 e. The predicted molar refractivity (Wildman–Crippen MR) is 119 cm³/mol. The van der Waals surface area contributed by atoms with Crippen LogP contribution < -0.4 is 15.5 Å². The lowest BCUT2D eigenvalue weighted by Gasteiger charge is -2.19. The van der Waals surface area contributed by atoms with Crippen molar-refractivity contribution in [1.29, 1.82) is 0 Å². The Morgan fingerprint density at radius 3 is 2.63 bits per heavy atom. The second kappa shape index (κ2) is 8.61. The quantitative estimate of drug-likeness (QED) is 0.634. The molecule has 2 N–H and O–H groups in total. The van der Waals surface area contributed by atoms with Crippen LogP contribution in [0.25, 0.3) is 11.0 Å². The molecule has 3 aromatic rings. The number of rotatable bonds is 6. The molecular weight excluding hydrogens is 378 g/mol. The Morgan fingerprint density at radius 1 is 1.10 bits per heavy atom. The van der Waals surface area contributed by atoms with Crippen molar-refractivity contribution in [1.82, 2.24) is 5.32 Å². The summed E-state index contributed by atoms with van der Waals surface area (Å²) in [7, 11) is 0. The summed E-state index contributed by atoms with van der Waals surface area (Å²) in [5.74, 6) is -0.149. The molecule has 2 amide bonds. The van der Waals surface area contributed by atoms with Crippen LogP contribution in [0, 0.1) is 6.92 Å². The SMILES string of the molecule is Cc1c(C(=O)NC(C)CC(=O)Nc2cccc(N3CCCC3)c2)oc2ccccc12. The van der Waals surface area contributed by atoms with E-state index in [-0.39, 0.29) is 24.3 Å². The third kappa shape index (κ3) is 4.32. The second-order valence-corrected chi connectivity index (χ2v) is 7.92. The fourth-order valence-electron chi connectivity index (χ4n) is 3.98. The minimum atomic E-state index is -0.327. The molecule has 1 fully saturated rings. The lowest BCUT2D eigenvalue weighted by atomic mass is 10.1. The summed E-state index contributed by atoms with van der Waals surface area (Å²) >= 11 is 0. The van der Waals surface area contributed by atoms with Crippen LogP contribution in [0.2, 0.25) is 0 Å². The number of aryl methyl sites for hydroxylation is 1. The van der Waals surface area contributed by atoms with E-state index in [1.165, 1.54) is 12.8 Å². The zero-order chi connectivity index (χ0) is 21.1. The number of carbonyl (C=O) groups excluding carboxylic acids is 2. The molecular formula is C24H27N3O3. The van der Waals surface area contributed by atoms with Crippen molar-refractivity contribution in [2.24, 2.45) is 0 Å². The normalized spacial score (nSPS) is 14.7. The first-order valence-corrected chi connectivity index (χ1v) is 10.4. The summed E-state index contributed by atoms with van der Waals surface area (Å²) in [4.78, 5) is 27.4. The van der Waals surface area contributed by atoms with Crippen LogP contribution in [0.3, 0.4) is 0 Å². The van der Waals surface area contributed by atoms with E-state index in [1.54, 1.807) is 0 Å². The average molecular weight is 405 g/mol. The van der Waals surface area contributed by atoms with Crippen LogP contribution in [-0.4, -0.2) is 30.9 Å². The van der Waals surface area contributed by atoms with E-state index in [9.17, 15) is 9.59 Å². The Hall–Kier alpha value is -3.28. The standard InChI is InChI=1S/C24H27N3O3/c1-16(25-24(29)23-17(2)20-10-3-4-11-21(20)30-23)14-22(28)26-18-8-7-9-19(15-18)27-12-5-6-13-27/h3-4,7-11,15-16H,5-6,12-14H2,1-2H3,(H,25,29)(H,26,28). The molecule has 1 aromatic heterocycles. The number of anilines is 2. The van der Waals surface area contributed by atoms with E-state index in [4.69, 9.17) is 4.42 Å². The number of fused-ring (bicyclic) bond motifs is 1. The fourth-order valence-corrected chi connectivity index (χ4v) is 3.98. The lowest BCUT2D eigenvalue weighted by Crippen LogP contribution is -2.35. The lowest BCUT2D eigenvalue weighted by molar-refractivity contribution is -0.116. The number of benzene rings is 2. The maximum absolute atomic E-state index is 12.6. The Bertz CT molecular complexity index is 1070. The van der Waals surface area contributed by atoms with Crippen molar-refractivity contribution in [2.45, 2.75) is 39.2 Å². The number of carbonyl (C=O) groups is 2. The minimum absolute atomic E-state index is 0.136. The molecule has 4 rings (SSSR count). The Balaban J connectivity index is 1.35. The number of furan rings is 1. The monoisotopic (exact) mass is 405 g/mol. The molecule has 1 saturated heterocycles. The summed E-state index contributed by atoms with van der Waals surface area (Å²) in [5, 5.41) is 6.73. The highest BCUT2D eigenvalue weighted by atomic mass is 16.3. The summed E-state index contributed by atoms with van der Waals surface area (Å²) in [5.41, 5.74) is 3.39. The van der Waals surface area contributed by atoms with Crippen LogP contribution in [0.1, 0.15) is 42.3 Å². The molecule has 0 bridgehead atoms. The van der Waals surface area contributed by atoms with Crippen molar-refractivity contribution in [2.75, 3.05) is 23.3 Å². The van der Waals surface area contributed by atoms with Gasteiger partial charge in [0.1, 0.15) is 5.58 Å². The van der Waals surface area contributed by atoms with Gasteiger partial charge in [0, 0.05) is 47.9 Å². The summed E-state index contributed by atoms with van der Waals surface area (Å²) in [6.07, 6.45) is 2.59. The van der Waals surface area contributed by atoms with Crippen LogP contribution in [-0.2, 0) is 4.79 Å². The number of amides is 2. The highest BCUT2D eigenvalue weighted by Crippen LogP contribution is 2.25. The Labute approximate surface area is 176 Å². The van der Waals surface area contributed by atoms with E-state index in [0.717, 1.165) is 35.4 Å². The number of para-hydroxylation sites is 1. The number of nitrogens with zero attached hydrogens (tertiary/aromatic N) is 1. The van der Waals surface area contributed by atoms with Gasteiger partial charge < -0.3 is 20.0 Å². The van der Waals surface area contributed by atoms with Crippen LogP contribution in [0.15, 0.2) is 52.9 Å². The van der Waals surface area contributed by atoms with Gasteiger partial charge in [-0.25, -0.2) is 0 Å². The van der Waals surface area contributed by atoms with Gasteiger partial charge in [-0.3, -0.25) is 9.59 Å². The van der Waals surface area contributed by atoms with Gasteiger partial charge in [-0.1, -0.05) is 24.3 Å². The predicted octanol–water partition coefficient (Wildman–Crippen LogP) is 4.49. The first-order valence-electron chi connectivity index (χ1n) is 10.4. The zero-order valence-corrected chi connectivity index (χ0v) is 17.4. The average Bonchev–Trinajstić information content (AvgIpc) is 3.37. The third-order valence-electron chi connectivity index (χ3n) is 5.52. The maximum atomic E-state index is 12.6. The molecule has 1 unspecified atom stereocenters. The first-order chi connectivity index (χ1) is 14.5. The van der Waals surface area contributed by atoms with Crippen LogP contribution in [0.4, 0.5) is 11.4 Å². The molecule has 0 aliphatic carbocycles. The van der Waals surface area contributed by atoms with Crippen LogP contribution >= 0.6 is 0 Å². The van der Waals surface area contributed by atoms with Gasteiger partial charge in [0.05, 0.1) is 0 Å². The van der Waals surface area contributed by atoms with Crippen molar-refractivity contribution < 1.29 is 14.0 Å². The molecule has 0 spiro atoms. The van der Waals surface area contributed by atoms with Crippen molar-refractivity contribution in [3.8, 4) is 0 Å². The molecule has 0 saturated carbocycles. The van der Waals surface area contributed by atoms with E-state index in [0.29, 0.717) is 11.3 Å². The van der Waals surface area contributed by atoms with Crippen LogP contribution in [0.5, 0.6) is 0 Å². The molecule has 2 aromatic carbocycles. The molecule has 30 heavy (non-hydrogen) atoms. The van der Waals surface area contributed by atoms with Crippen molar-refractivity contribution >= 4 is 34.2 Å². The van der Waals surface area contributed by atoms with E-state index in [1.807, 2.05) is 56.3 Å². The van der Waals surface area contributed by atoms with Gasteiger partial charge >= 0.3 is 0 Å². The van der Waals surface area contributed by atoms with Gasteiger partial charge in [-0.2, -0.15) is 0 Å². The highest BCUT2D eigenvalue weighted by Gasteiger charge is 2.20. The molecule has 0 radical (unpaired) electrons. The second-order valence-electron chi connectivity index (χ2n) is 7.92. The summed E-state index contributed by atoms with van der Waals surface area (Å²) in [6, 6.07) is 15.1. The maximum Gasteiger partial charge on any atom is 0.287 e. The van der Waals surface area contributed by atoms with Gasteiger partial charge in [0.15, 0.2) is 5.76 Å². The Morgan fingerprint density at radius 2 is 1.87 bits per heavy atom. The largest absolute Gasteiger partial charge is 0.451 e. The van der Waals surface area contributed by atoms with Gasteiger partial charge in [-0.05, 0) is 51.0 Å². The zero-order valence-electron chi connectivity index (χ0n) is 17.4. The fraction of sp³-hybridized carbons (Fsp3) is 0.333. The highest BCUT2D eigenvalue weighted by molar-refractivity contribution is 5.99. The summed E-state index contributed by atoms with van der Waals surface area (Å²) in [6.45, 7) is 5.80. The van der Waals surface area contributed by atoms with E-state index < -0.39 is 0 Å².